The van der Waals surface area contributed by atoms with Crippen molar-refractivity contribution in [2.75, 3.05) is 6.67 Å². The molecule has 0 amide bonds. The van der Waals surface area contributed by atoms with Gasteiger partial charge >= 0.3 is 0 Å². The fourth-order valence-corrected chi connectivity index (χ4v) is 3.19. The van der Waals surface area contributed by atoms with Crippen LogP contribution in [-0.2, 0) is 19.6 Å². The van der Waals surface area contributed by atoms with Crippen LogP contribution in [0.1, 0.15) is 17.8 Å². The number of nitrogens with zero attached hydrogens (tertiary/aromatic N) is 5. The first-order chi connectivity index (χ1) is 13.0. The first-order valence-corrected chi connectivity index (χ1v) is 9.05. The zero-order valence-electron chi connectivity index (χ0n) is 14.4. The van der Waals surface area contributed by atoms with Crippen molar-refractivity contribution in [3.05, 3.63) is 58.6 Å². The largest absolute Gasteiger partial charge is 0.504 e. The van der Waals surface area contributed by atoms with Gasteiger partial charge in [0, 0.05) is 11.9 Å². The Morgan fingerprint density at radius 2 is 2.00 bits per heavy atom. The lowest BCUT2D eigenvalue weighted by atomic mass is 10.2. The summed E-state index contributed by atoms with van der Waals surface area (Å²) < 4.78 is 13.9. The molecule has 0 bridgehead atoms. The molecule has 1 N–H and O–H groups in total. The molecule has 1 aromatic carbocycles. The molecule has 0 aliphatic rings. The van der Waals surface area contributed by atoms with Crippen molar-refractivity contribution >= 4 is 34.1 Å². The number of aromatic nitrogens is 4. The molecule has 0 unspecified atom stereocenters. The molecule has 0 atom stereocenters. The molecule has 142 valence electrons. The molecular weight excluding hydrogens is 392 g/mol. The van der Waals surface area contributed by atoms with Gasteiger partial charge in [0.15, 0.2) is 5.75 Å². The van der Waals surface area contributed by atoms with E-state index < -0.39 is 0 Å². The number of halogens is 3. The van der Waals surface area contributed by atoms with Crippen molar-refractivity contribution in [1.82, 2.24) is 24.9 Å². The highest BCUT2D eigenvalue weighted by Crippen LogP contribution is 2.36. The number of fused-ring (bicyclic) bond motifs is 1. The summed E-state index contributed by atoms with van der Waals surface area (Å²) in [7, 11) is 0. The number of hydrogen-bond donors (Lipinski definition) is 1. The van der Waals surface area contributed by atoms with Crippen LogP contribution in [0.4, 0.5) is 4.39 Å². The van der Waals surface area contributed by atoms with E-state index in [1.54, 1.807) is 23.1 Å². The van der Waals surface area contributed by atoms with Crippen LogP contribution in [0.5, 0.6) is 5.75 Å². The molecule has 0 fully saturated rings. The number of hydrogen-bond acceptors (Lipinski definition) is 5. The average molecular weight is 410 g/mol. The van der Waals surface area contributed by atoms with Gasteiger partial charge in [-0.3, -0.25) is 9.07 Å². The van der Waals surface area contributed by atoms with E-state index in [0.717, 1.165) is 5.69 Å². The van der Waals surface area contributed by atoms with Crippen LogP contribution < -0.4 is 0 Å². The predicted octanol–water partition coefficient (Wildman–Crippen LogP) is 4.34. The number of phenolic OH excluding ortho intramolecular Hbond substituents is 1. The van der Waals surface area contributed by atoms with Crippen LogP contribution >= 0.6 is 23.2 Å². The molecule has 0 radical (unpaired) electrons. The fraction of sp³-hybridized carbons (Fsp3) is 0.278. The van der Waals surface area contributed by atoms with Gasteiger partial charge in [-0.2, -0.15) is 0 Å². The molecule has 27 heavy (non-hydrogen) atoms. The van der Waals surface area contributed by atoms with Crippen LogP contribution in [0.25, 0.3) is 10.9 Å². The van der Waals surface area contributed by atoms with E-state index in [4.69, 9.17) is 23.2 Å². The quantitative estimate of drug-likeness (QED) is 0.598. The van der Waals surface area contributed by atoms with Crippen molar-refractivity contribution in [1.29, 1.82) is 0 Å². The molecular formula is C18H18Cl2FN5O. The number of aromatic hydroxyl groups is 1. The van der Waals surface area contributed by atoms with Crippen molar-refractivity contribution in [2.45, 2.75) is 26.1 Å². The number of alkyl halides is 1. The normalized spacial score (nSPS) is 11.1. The summed E-state index contributed by atoms with van der Waals surface area (Å²) in [5, 5.41) is 19.5. The third-order valence-corrected chi connectivity index (χ3v) is 4.61. The standard InChI is InChI=1S/C18H18Cl2FN5O/c1-2-25(10-13-11-26(24-23-13)7-3-6-21)9-12-4-5-14-15(19)8-16(20)18(27)17(14)22-12/h2,4-5,8,11,27H,1,3,6-7,9-10H2. The molecule has 3 aromatic rings. The van der Waals surface area contributed by atoms with Crippen LogP contribution in [0.15, 0.2) is 37.2 Å². The van der Waals surface area contributed by atoms with Gasteiger partial charge in [0.25, 0.3) is 0 Å². The van der Waals surface area contributed by atoms with Gasteiger partial charge in [-0.1, -0.05) is 35.0 Å². The second kappa shape index (κ2) is 8.54. The van der Waals surface area contributed by atoms with Gasteiger partial charge in [0.2, 0.25) is 0 Å². The molecule has 2 aromatic heterocycles. The summed E-state index contributed by atoms with van der Waals surface area (Å²) in [6.07, 6.45) is 3.87. The fourth-order valence-electron chi connectivity index (χ4n) is 2.67. The lowest BCUT2D eigenvalue weighted by Gasteiger charge is -2.18. The molecule has 9 heteroatoms. The zero-order valence-corrected chi connectivity index (χ0v) is 16.0. The summed E-state index contributed by atoms with van der Waals surface area (Å²) in [5.74, 6) is -0.0983. The van der Waals surface area contributed by atoms with Crippen molar-refractivity contribution in [3.8, 4) is 5.75 Å². The van der Waals surface area contributed by atoms with Crippen LogP contribution in [0, 0.1) is 0 Å². The van der Waals surface area contributed by atoms with E-state index in [0.29, 0.717) is 47.7 Å². The molecule has 0 saturated carbocycles. The minimum atomic E-state index is -0.386. The number of phenols is 1. The molecule has 0 aliphatic heterocycles. The molecule has 0 saturated heterocycles. The third kappa shape index (κ3) is 4.48. The Kier molecular flexibility index (Phi) is 6.13. The Labute approximate surface area is 165 Å². The molecule has 0 spiro atoms. The van der Waals surface area contributed by atoms with Crippen molar-refractivity contribution in [2.24, 2.45) is 0 Å². The minimum absolute atomic E-state index is 0.0983. The Bertz CT molecular complexity index is 962. The van der Waals surface area contributed by atoms with Crippen LogP contribution in [0.3, 0.4) is 0 Å². The van der Waals surface area contributed by atoms with E-state index in [-0.39, 0.29) is 17.4 Å². The summed E-state index contributed by atoms with van der Waals surface area (Å²) in [4.78, 5) is 6.38. The van der Waals surface area contributed by atoms with Crippen molar-refractivity contribution < 1.29 is 9.50 Å². The van der Waals surface area contributed by atoms with Gasteiger partial charge in [0.05, 0.1) is 41.7 Å². The Morgan fingerprint density at radius 3 is 2.74 bits per heavy atom. The monoisotopic (exact) mass is 409 g/mol. The molecule has 6 nitrogen and oxygen atoms in total. The Morgan fingerprint density at radius 1 is 1.22 bits per heavy atom. The van der Waals surface area contributed by atoms with Gasteiger partial charge in [0.1, 0.15) is 11.2 Å². The van der Waals surface area contributed by atoms with E-state index in [2.05, 4.69) is 21.9 Å². The summed E-state index contributed by atoms with van der Waals surface area (Å²) in [6.45, 7) is 4.84. The maximum atomic E-state index is 12.3. The minimum Gasteiger partial charge on any atom is -0.504 e. The van der Waals surface area contributed by atoms with Gasteiger partial charge in [-0.15, -0.1) is 5.10 Å². The predicted molar refractivity (Wildman–Crippen MR) is 103 cm³/mol. The number of aryl methyl sites for hydroxylation is 1. The highest BCUT2D eigenvalue weighted by molar-refractivity contribution is 6.39. The maximum Gasteiger partial charge on any atom is 0.160 e. The number of rotatable bonds is 8. The highest BCUT2D eigenvalue weighted by Gasteiger charge is 2.13. The number of pyridine rings is 1. The van der Waals surface area contributed by atoms with Crippen LogP contribution in [-0.4, -0.2) is 36.7 Å². The average Bonchev–Trinajstić information content (AvgIpc) is 3.11. The first-order valence-electron chi connectivity index (χ1n) is 8.30. The highest BCUT2D eigenvalue weighted by atomic mass is 35.5. The second-order valence-corrected chi connectivity index (χ2v) is 6.81. The van der Waals surface area contributed by atoms with Crippen LogP contribution in [0.2, 0.25) is 10.0 Å². The van der Waals surface area contributed by atoms with E-state index in [1.165, 1.54) is 6.07 Å². The van der Waals surface area contributed by atoms with Gasteiger partial charge in [-0.05, 0) is 30.8 Å². The maximum absolute atomic E-state index is 12.3. The molecule has 2 heterocycles. The molecule has 3 rings (SSSR count). The third-order valence-electron chi connectivity index (χ3n) is 4.01. The van der Waals surface area contributed by atoms with E-state index in [1.807, 2.05) is 11.0 Å². The summed E-state index contributed by atoms with van der Waals surface area (Å²) in [6, 6.07) is 5.12. The zero-order chi connectivity index (χ0) is 19.4. The van der Waals surface area contributed by atoms with Gasteiger partial charge in [-0.25, -0.2) is 4.98 Å². The Balaban J connectivity index is 1.77. The van der Waals surface area contributed by atoms with E-state index in [9.17, 15) is 9.50 Å². The van der Waals surface area contributed by atoms with Crippen molar-refractivity contribution in [3.63, 3.8) is 0 Å². The SMILES string of the molecule is C=CN(Cc1cn(CCCF)nn1)Cc1ccc2c(Cl)cc(Cl)c(O)c2n1. The van der Waals surface area contributed by atoms with E-state index >= 15 is 0 Å². The molecule has 0 aliphatic carbocycles. The smallest absolute Gasteiger partial charge is 0.160 e. The Hall–Kier alpha value is -2.38. The first kappa shape index (κ1) is 19.4. The topological polar surface area (TPSA) is 67.1 Å². The second-order valence-electron chi connectivity index (χ2n) is 5.99. The van der Waals surface area contributed by atoms with Gasteiger partial charge < -0.3 is 10.0 Å². The summed E-state index contributed by atoms with van der Waals surface area (Å²) >= 11 is 12.1. The lowest BCUT2D eigenvalue weighted by molar-refractivity contribution is 0.354. The lowest BCUT2D eigenvalue weighted by Crippen LogP contribution is -2.17. The summed E-state index contributed by atoms with van der Waals surface area (Å²) in [5.41, 5.74) is 1.80. The number of benzene rings is 1.